The maximum Gasteiger partial charge on any atom is 0.233 e. The molecule has 4 nitrogen and oxygen atoms in total. The number of fused-ring (bicyclic) bond motifs is 3. The van der Waals surface area contributed by atoms with E-state index in [4.69, 9.17) is 4.74 Å². The molecule has 3 saturated carbocycles. The quantitative estimate of drug-likeness (QED) is 0.809. The van der Waals surface area contributed by atoms with E-state index in [1.54, 1.807) is 7.11 Å². The van der Waals surface area contributed by atoms with Crippen LogP contribution in [0.25, 0.3) is 0 Å². The van der Waals surface area contributed by atoms with Gasteiger partial charge in [-0.25, -0.2) is 0 Å². The van der Waals surface area contributed by atoms with Gasteiger partial charge in [-0.3, -0.25) is 9.59 Å². The highest BCUT2D eigenvalue weighted by atomic mass is 32.2. The summed E-state index contributed by atoms with van der Waals surface area (Å²) >= 11 is 1.89. The third kappa shape index (κ3) is 2.29. The fourth-order valence-corrected chi connectivity index (χ4v) is 4.93. The van der Waals surface area contributed by atoms with Crippen molar-refractivity contribution in [1.82, 2.24) is 5.32 Å². The number of Topliss-reactive ketones (excluding diaryl/α,β-unsaturated/α-hetero) is 1. The third-order valence-electron chi connectivity index (χ3n) is 5.39. The van der Waals surface area contributed by atoms with E-state index >= 15 is 0 Å². The molecule has 4 rings (SSSR count). The van der Waals surface area contributed by atoms with E-state index in [0.717, 1.165) is 31.4 Å². The molecule has 3 aliphatic carbocycles. The second-order valence-corrected chi connectivity index (χ2v) is 7.61. The van der Waals surface area contributed by atoms with E-state index in [2.05, 4.69) is 5.32 Å². The molecule has 1 amide bonds. The van der Waals surface area contributed by atoms with Gasteiger partial charge >= 0.3 is 0 Å². The summed E-state index contributed by atoms with van der Waals surface area (Å²) in [6.45, 7) is 0. The highest BCUT2D eigenvalue weighted by Crippen LogP contribution is 2.51. The van der Waals surface area contributed by atoms with Gasteiger partial charge in [-0.05, 0) is 44.3 Å². The Balaban J connectivity index is 1.69. The lowest BCUT2D eigenvalue weighted by Gasteiger charge is -2.50. The zero-order chi connectivity index (χ0) is 14.2. The molecule has 1 atom stereocenters. The van der Waals surface area contributed by atoms with Gasteiger partial charge in [0.1, 0.15) is 5.41 Å². The minimum Gasteiger partial charge on any atom is -0.378 e. The monoisotopic (exact) mass is 297 g/mol. The van der Waals surface area contributed by atoms with Crippen LogP contribution in [0.3, 0.4) is 0 Å². The van der Waals surface area contributed by atoms with Crippen LogP contribution in [0.15, 0.2) is 0 Å². The van der Waals surface area contributed by atoms with Crippen LogP contribution < -0.4 is 5.32 Å². The first-order chi connectivity index (χ1) is 9.60. The number of amides is 1. The van der Waals surface area contributed by atoms with Crippen LogP contribution in [0.4, 0.5) is 0 Å². The molecular weight excluding hydrogens is 274 g/mol. The van der Waals surface area contributed by atoms with Gasteiger partial charge in [0.25, 0.3) is 0 Å². The van der Waals surface area contributed by atoms with Crippen LogP contribution in [-0.2, 0) is 14.3 Å². The Labute approximate surface area is 124 Å². The number of methoxy groups -OCH3 is 1. The van der Waals surface area contributed by atoms with Crippen LogP contribution in [0.5, 0.6) is 0 Å². The number of ether oxygens (including phenoxy) is 1. The van der Waals surface area contributed by atoms with Crippen LogP contribution in [0.1, 0.15) is 44.9 Å². The molecule has 1 aliphatic heterocycles. The second-order valence-electron chi connectivity index (χ2n) is 6.46. The predicted octanol–water partition coefficient (Wildman–Crippen LogP) is 1.92. The van der Waals surface area contributed by atoms with Crippen molar-refractivity contribution in [2.75, 3.05) is 18.6 Å². The van der Waals surface area contributed by atoms with E-state index in [9.17, 15) is 9.59 Å². The van der Waals surface area contributed by atoms with Crippen molar-refractivity contribution in [3.8, 4) is 0 Å². The molecule has 20 heavy (non-hydrogen) atoms. The first kappa shape index (κ1) is 14.4. The average Bonchev–Trinajstić information content (AvgIpc) is 2.49. The molecule has 0 aromatic rings. The summed E-state index contributed by atoms with van der Waals surface area (Å²) in [5, 5.41) is 3.14. The lowest BCUT2D eigenvalue weighted by atomic mass is 9.57. The van der Waals surface area contributed by atoms with Crippen molar-refractivity contribution in [2.24, 2.45) is 5.41 Å². The van der Waals surface area contributed by atoms with E-state index in [1.807, 2.05) is 11.8 Å². The zero-order valence-corrected chi connectivity index (χ0v) is 12.9. The zero-order valence-electron chi connectivity index (χ0n) is 12.1. The third-order valence-corrected chi connectivity index (χ3v) is 6.61. The molecule has 0 spiro atoms. The Morgan fingerprint density at radius 3 is 2.65 bits per heavy atom. The summed E-state index contributed by atoms with van der Waals surface area (Å²) in [7, 11) is 1.69. The first-order valence-corrected chi connectivity index (χ1v) is 8.73. The van der Waals surface area contributed by atoms with E-state index in [0.29, 0.717) is 19.3 Å². The number of hydrogen-bond acceptors (Lipinski definition) is 4. The molecule has 5 heteroatoms. The minimum absolute atomic E-state index is 0.0144. The molecule has 1 heterocycles. The van der Waals surface area contributed by atoms with Crippen LogP contribution in [0, 0.1) is 5.41 Å². The molecule has 0 aromatic carbocycles. The van der Waals surface area contributed by atoms with Crippen molar-refractivity contribution in [2.45, 2.75) is 56.6 Å². The van der Waals surface area contributed by atoms with Crippen LogP contribution >= 0.6 is 11.8 Å². The van der Waals surface area contributed by atoms with Crippen molar-refractivity contribution < 1.29 is 14.3 Å². The van der Waals surface area contributed by atoms with Gasteiger partial charge < -0.3 is 10.1 Å². The van der Waals surface area contributed by atoms with Gasteiger partial charge in [0, 0.05) is 25.3 Å². The summed E-state index contributed by atoms with van der Waals surface area (Å²) in [5.41, 5.74) is -1.03. The number of thioether (sulfide) groups is 1. The minimum atomic E-state index is -0.748. The van der Waals surface area contributed by atoms with E-state index in [1.165, 1.54) is 5.75 Å². The molecular formula is C15H23NO3S. The lowest BCUT2D eigenvalue weighted by Crippen LogP contribution is -2.60. The molecule has 2 bridgehead atoms. The molecule has 112 valence electrons. The van der Waals surface area contributed by atoms with E-state index < -0.39 is 5.41 Å². The predicted molar refractivity (Wildman–Crippen MR) is 78.8 cm³/mol. The molecule has 1 saturated heterocycles. The van der Waals surface area contributed by atoms with Gasteiger partial charge in [-0.2, -0.15) is 11.8 Å². The number of carbonyl (C=O) groups excluding carboxylic acids is 2. The van der Waals surface area contributed by atoms with Gasteiger partial charge in [-0.1, -0.05) is 0 Å². The van der Waals surface area contributed by atoms with Gasteiger partial charge in [0.15, 0.2) is 5.78 Å². The Morgan fingerprint density at radius 2 is 2.10 bits per heavy atom. The second kappa shape index (κ2) is 5.34. The van der Waals surface area contributed by atoms with Crippen molar-refractivity contribution in [3.05, 3.63) is 0 Å². The fraction of sp³-hybridized carbons (Fsp3) is 0.867. The summed E-state index contributed by atoms with van der Waals surface area (Å²) in [6.07, 6.45) is 5.60. The summed E-state index contributed by atoms with van der Waals surface area (Å²) in [4.78, 5) is 25.1. The molecule has 4 aliphatic rings. The molecule has 0 radical (unpaired) electrons. The van der Waals surface area contributed by atoms with Gasteiger partial charge in [0.2, 0.25) is 5.91 Å². The van der Waals surface area contributed by atoms with Crippen molar-refractivity contribution in [1.29, 1.82) is 0 Å². The van der Waals surface area contributed by atoms with E-state index in [-0.39, 0.29) is 23.3 Å². The molecule has 1 unspecified atom stereocenters. The van der Waals surface area contributed by atoms with Gasteiger partial charge in [-0.15, -0.1) is 0 Å². The first-order valence-electron chi connectivity index (χ1n) is 7.57. The largest absolute Gasteiger partial charge is 0.378 e. The lowest BCUT2D eigenvalue weighted by molar-refractivity contribution is -0.167. The Morgan fingerprint density at radius 1 is 1.35 bits per heavy atom. The normalized spacial score (nSPS) is 40.6. The summed E-state index contributed by atoms with van der Waals surface area (Å²) in [6, 6.07) is 0.250. The number of carbonyl (C=O) groups is 2. The Kier molecular flexibility index (Phi) is 3.84. The standard InChI is InChI=1S/C15H23NO3S/c1-19-14-4-6-15(7-5-14,12(17)9-14)13(18)16-11-3-2-8-20-10-11/h11H,2-10H2,1H3,(H,16,18). The highest BCUT2D eigenvalue weighted by Gasteiger charge is 2.58. The topological polar surface area (TPSA) is 55.4 Å². The number of rotatable bonds is 3. The summed E-state index contributed by atoms with van der Waals surface area (Å²) in [5.74, 6) is 2.25. The highest BCUT2D eigenvalue weighted by molar-refractivity contribution is 7.99. The fourth-order valence-electron chi connectivity index (χ4n) is 3.86. The number of hydrogen-bond donors (Lipinski definition) is 1. The van der Waals surface area contributed by atoms with Gasteiger partial charge in [0.05, 0.1) is 5.60 Å². The maximum atomic E-state index is 12.7. The van der Waals surface area contributed by atoms with Crippen LogP contribution in [-0.4, -0.2) is 41.9 Å². The molecule has 0 aromatic heterocycles. The Hall–Kier alpha value is -0.550. The maximum absolute atomic E-state index is 12.7. The van der Waals surface area contributed by atoms with Crippen LogP contribution in [0.2, 0.25) is 0 Å². The average molecular weight is 297 g/mol. The van der Waals surface area contributed by atoms with Crippen molar-refractivity contribution in [3.63, 3.8) is 0 Å². The SMILES string of the molecule is COC12CCC(C(=O)NC3CCCSC3)(CC1)C(=O)C2. The number of ketones is 1. The smallest absolute Gasteiger partial charge is 0.233 e. The molecule has 1 N–H and O–H groups in total. The number of nitrogens with one attached hydrogen (secondary N) is 1. The summed E-state index contributed by atoms with van der Waals surface area (Å²) < 4.78 is 5.56. The van der Waals surface area contributed by atoms with Crippen molar-refractivity contribution >= 4 is 23.5 Å². The molecule has 4 fully saturated rings. The Bertz CT molecular complexity index is 409.